The summed E-state index contributed by atoms with van der Waals surface area (Å²) in [6.45, 7) is 2.04. The van der Waals surface area contributed by atoms with E-state index in [2.05, 4.69) is 15.4 Å². The minimum atomic E-state index is -0.353. The SMILES string of the molecule is Cc1cc(C(=O)NCc2ccc(Cl)c(Cl)c2)c2c(=O)[nH]n(C)c2n1. The standard InChI is InChI=1S/C16H14Cl2N4O2/c1-8-5-10(13-14(20-8)22(2)21-16(13)24)15(23)19-7-9-3-4-11(17)12(18)6-9/h3-6H,7H2,1-2H3,(H,19,23)(H,21,24). The summed E-state index contributed by atoms with van der Waals surface area (Å²) in [5.74, 6) is -0.353. The van der Waals surface area contributed by atoms with Crippen LogP contribution in [0.15, 0.2) is 29.1 Å². The van der Waals surface area contributed by atoms with Gasteiger partial charge in [-0.3, -0.25) is 19.4 Å². The fourth-order valence-electron chi connectivity index (χ4n) is 2.49. The zero-order chi connectivity index (χ0) is 17.4. The lowest BCUT2D eigenvalue weighted by Gasteiger charge is -2.08. The fourth-order valence-corrected chi connectivity index (χ4v) is 2.81. The number of rotatable bonds is 3. The Morgan fingerprint density at radius 2 is 2.04 bits per heavy atom. The maximum absolute atomic E-state index is 12.5. The highest BCUT2D eigenvalue weighted by Crippen LogP contribution is 2.22. The Kier molecular flexibility index (Phi) is 4.34. The molecule has 0 aliphatic rings. The van der Waals surface area contributed by atoms with E-state index in [0.29, 0.717) is 26.9 Å². The van der Waals surface area contributed by atoms with Crippen molar-refractivity contribution in [2.24, 2.45) is 7.05 Å². The monoisotopic (exact) mass is 364 g/mol. The van der Waals surface area contributed by atoms with E-state index in [1.807, 2.05) is 0 Å². The van der Waals surface area contributed by atoms with Gasteiger partial charge in [0.05, 0.1) is 21.0 Å². The molecule has 0 fully saturated rings. The zero-order valence-electron chi connectivity index (χ0n) is 13.0. The van der Waals surface area contributed by atoms with Crippen molar-refractivity contribution in [3.05, 3.63) is 61.5 Å². The molecule has 1 amide bonds. The number of benzene rings is 1. The highest BCUT2D eigenvalue weighted by molar-refractivity contribution is 6.42. The van der Waals surface area contributed by atoms with Crippen molar-refractivity contribution >= 4 is 40.1 Å². The molecular weight excluding hydrogens is 351 g/mol. The van der Waals surface area contributed by atoms with Gasteiger partial charge in [-0.25, -0.2) is 4.98 Å². The molecule has 0 saturated heterocycles. The summed E-state index contributed by atoms with van der Waals surface area (Å²) < 4.78 is 1.50. The number of carbonyl (C=O) groups is 1. The van der Waals surface area contributed by atoms with E-state index in [1.165, 1.54) is 4.68 Å². The first kappa shape index (κ1) is 16.5. The molecule has 8 heteroatoms. The van der Waals surface area contributed by atoms with Gasteiger partial charge in [-0.1, -0.05) is 29.3 Å². The summed E-state index contributed by atoms with van der Waals surface area (Å²) in [5.41, 5.74) is 1.84. The van der Waals surface area contributed by atoms with E-state index >= 15 is 0 Å². The lowest BCUT2D eigenvalue weighted by Crippen LogP contribution is -2.24. The van der Waals surface area contributed by atoms with Crippen LogP contribution < -0.4 is 10.9 Å². The van der Waals surface area contributed by atoms with E-state index in [0.717, 1.165) is 5.56 Å². The normalized spacial score (nSPS) is 11.0. The maximum Gasteiger partial charge on any atom is 0.274 e. The van der Waals surface area contributed by atoms with Crippen LogP contribution >= 0.6 is 23.2 Å². The number of pyridine rings is 1. The van der Waals surface area contributed by atoms with Gasteiger partial charge in [-0.15, -0.1) is 0 Å². The molecule has 24 heavy (non-hydrogen) atoms. The van der Waals surface area contributed by atoms with Gasteiger partial charge in [0.2, 0.25) is 0 Å². The highest BCUT2D eigenvalue weighted by atomic mass is 35.5. The van der Waals surface area contributed by atoms with E-state index in [-0.39, 0.29) is 23.4 Å². The molecule has 0 bridgehead atoms. The Labute approximate surface area is 147 Å². The molecule has 0 unspecified atom stereocenters. The number of hydrogen-bond donors (Lipinski definition) is 2. The molecule has 0 saturated carbocycles. The van der Waals surface area contributed by atoms with Gasteiger partial charge in [0.1, 0.15) is 0 Å². The Balaban J connectivity index is 1.91. The second-order valence-corrected chi connectivity index (χ2v) is 6.26. The minimum absolute atomic E-state index is 0.267. The third-order valence-corrected chi connectivity index (χ3v) is 4.36. The second kappa shape index (κ2) is 6.30. The van der Waals surface area contributed by atoms with Gasteiger partial charge < -0.3 is 5.32 Å². The Bertz CT molecular complexity index is 1010. The zero-order valence-corrected chi connectivity index (χ0v) is 14.5. The van der Waals surface area contributed by atoms with Gasteiger partial charge in [0, 0.05) is 19.3 Å². The van der Waals surface area contributed by atoms with Crippen molar-refractivity contribution in [2.45, 2.75) is 13.5 Å². The molecule has 124 valence electrons. The lowest BCUT2D eigenvalue weighted by molar-refractivity contribution is 0.0952. The number of aromatic nitrogens is 3. The minimum Gasteiger partial charge on any atom is -0.348 e. The van der Waals surface area contributed by atoms with Crippen LogP contribution in [-0.4, -0.2) is 20.7 Å². The number of hydrogen-bond acceptors (Lipinski definition) is 3. The predicted octanol–water partition coefficient (Wildman–Crippen LogP) is 2.81. The van der Waals surface area contributed by atoms with Crippen LogP contribution in [0.4, 0.5) is 0 Å². The number of amides is 1. The Morgan fingerprint density at radius 3 is 2.75 bits per heavy atom. The third kappa shape index (κ3) is 3.02. The number of H-pyrrole nitrogens is 1. The average Bonchev–Trinajstić information content (AvgIpc) is 2.82. The molecule has 0 spiro atoms. The molecule has 0 radical (unpaired) electrons. The molecular formula is C16H14Cl2N4O2. The number of aryl methyl sites for hydroxylation is 2. The van der Waals surface area contributed by atoms with Gasteiger partial charge in [0.25, 0.3) is 11.5 Å². The van der Waals surface area contributed by atoms with E-state index in [1.54, 1.807) is 38.2 Å². The molecule has 0 aliphatic heterocycles. The molecule has 3 aromatic rings. The van der Waals surface area contributed by atoms with E-state index < -0.39 is 0 Å². The molecule has 2 heterocycles. The van der Waals surface area contributed by atoms with Crippen molar-refractivity contribution < 1.29 is 4.79 Å². The topological polar surface area (TPSA) is 79.8 Å². The highest BCUT2D eigenvalue weighted by Gasteiger charge is 2.17. The van der Waals surface area contributed by atoms with Crippen LogP contribution in [0.25, 0.3) is 11.0 Å². The van der Waals surface area contributed by atoms with Crippen LogP contribution in [0.2, 0.25) is 10.0 Å². The first-order valence-electron chi connectivity index (χ1n) is 7.15. The molecule has 0 atom stereocenters. The first-order chi connectivity index (χ1) is 11.4. The van der Waals surface area contributed by atoms with Crippen molar-refractivity contribution in [3.8, 4) is 0 Å². The first-order valence-corrected chi connectivity index (χ1v) is 7.91. The average molecular weight is 365 g/mol. The molecule has 3 rings (SSSR count). The van der Waals surface area contributed by atoms with Crippen LogP contribution in [0.3, 0.4) is 0 Å². The van der Waals surface area contributed by atoms with Crippen molar-refractivity contribution in [1.82, 2.24) is 20.1 Å². The summed E-state index contributed by atoms with van der Waals surface area (Å²) in [6, 6.07) is 6.73. The fraction of sp³-hybridized carbons (Fsp3) is 0.188. The summed E-state index contributed by atoms with van der Waals surface area (Å²) in [6.07, 6.45) is 0. The van der Waals surface area contributed by atoms with Crippen LogP contribution in [0, 0.1) is 6.92 Å². The van der Waals surface area contributed by atoms with Gasteiger partial charge >= 0.3 is 0 Å². The molecule has 1 aromatic carbocycles. The molecule has 6 nitrogen and oxygen atoms in total. The number of nitrogens with one attached hydrogen (secondary N) is 2. The summed E-state index contributed by atoms with van der Waals surface area (Å²) in [7, 11) is 1.67. The number of fused-ring (bicyclic) bond motifs is 1. The molecule has 2 N–H and O–H groups in total. The Morgan fingerprint density at radius 1 is 1.29 bits per heavy atom. The summed E-state index contributed by atoms with van der Waals surface area (Å²) in [4.78, 5) is 28.9. The smallest absolute Gasteiger partial charge is 0.274 e. The van der Waals surface area contributed by atoms with E-state index in [4.69, 9.17) is 23.2 Å². The van der Waals surface area contributed by atoms with Crippen LogP contribution in [0.1, 0.15) is 21.6 Å². The number of nitrogens with zero attached hydrogens (tertiary/aromatic N) is 2. The summed E-state index contributed by atoms with van der Waals surface area (Å²) in [5, 5.41) is 6.55. The Hall–Kier alpha value is -2.31. The number of halogens is 2. The van der Waals surface area contributed by atoms with Crippen LogP contribution in [-0.2, 0) is 13.6 Å². The molecule has 2 aromatic heterocycles. The van der Waals surface area contributed by atoms with Crippen LogP contribution in [0.5, 0.6) is 0 Å². The quantitative estimate of drug-likeness (QED) is 0.749. The predicted molar refractivity (Wildman–Crippen MR) is 93.7 cm³/mol. The summed E-state index contributed by atoms with van der Waals surface area (Å²) >= 11 is 11.8. The van der Waals surface area contributed by atoms with Gasteiger partial charge in [0.15, 0.2) is 5.65 Å². The van der Waals surface area contributed by atoms with Crippen molar-refractivity contribution in [3.63, 3.8) is 0 Å². The number of aromatic amines is 1. The lowest BCUT2D eigenvalue weighted by atomic mass is 10.1. The van der Waals surface area contributed by atoms with E-state index in [9.17, 15) is 9.59 Å². The third-order valence-electron chi connectivity index (χ3n) is 3.62. The van der Waals surface area contributed by atoms with Crippen molar-refractivity contribution in [2.75, 3.05) is 0 Å². The maximum atomic E-state index is 12.5. The van der Waals surface area contributed by atoms with Gasteiger partial charge in [-0.05, 0) is 30.7 Å². The van der Waals surface area contributed by atoms with Crippen molar-refractivity contribution in [1.29, 1.82) is 0 Å². The molecule has 0 aliphatic carbocycles. The largest absolute Gasteiger partial charge is 0.348 e. The second-order valence-electron chi connectivity index (χ2n) is 5.44. The van der Waals surface area contributed by atoms with Gasteiger partial charge in [-0.2, -0.15) is 0 Å². The number of carbonyl (C=O) groups excluding carboxylic acids is 1.